The van der Waals surface area contributed by atoms with Gasteiger partial charge in [-0.2, -0.15) is 0 Å². The normalized spacial score (nSPS) is 15.8. The Balaban J connectivity index is 1.59. The van der Waals surface area contributed by atoms with Gasteiger partial charge in [0.05, 0.1) is 5.52 Å². The van der Waals surface area contributed by atoms with Crippen LogP contribution >= 0.6 is 11.6 Å². The lowest BCUT2D eigenvalue weighted by atomic mass is 9.96. The van der Waals surface area contributed by atoms with Crippen LogP contribution in [0.15, 0.2) is 42.5 Å². The topological polar surface area (TPSA) is 48.1 Å². The average molecular weight is 396 g/mol. The highest BCUT2D eigenvalue weighted by molar-refractivity contribution is 6.31. The second kappa shape index (κ2) is 7.98. The van der Waals surface area contributed by atoms with Crippen LogP contribution < -0.4 is 5.32 Å². The molecule has 1 aliphatic heterocycles. The van der Waals surface area contributed by atoms with Gasteiger partial charge in [0.1, 0.15) is 0 Å². The van der Waals surface area contributed by atoms with E-state index < -0.39 is 0 Å². The molecular formula is C23H26ClN3O. The Kier molecular flexibility index (Phi) is 5.42. The summed E-state index contributed by atoms with van der Waals surface area (Å²) >= 11 is 6.40. The minimum Gasteiger partial charge on any atom is -0.354 e. The molecule has 0 saturated carbocycles. The SMILES string of the molecule is Cc1c(-c2ccccc2)[nH]c2c(CNC(=O)C3CCN(C)CC3)cc(Cl)cc12. The Labute approximate surface area is 170 Å². The summed E-state index contributed by atoms with van der Waals surface area (Å²) in [5.74, 6) is 0.254. The molecule has 1 amide bonds. The zero-order valence-corrected chi connectivity index (χ0v) is 17.1. The van der Waals surface area contributed by atoms with Crippen molar-refractivity contribution in [2.75, 3.05) is 20.1 Å². The van der Waals surface area contributed by atoms with Gasteiger partial charge in [0.25, 0.3) is 0 Å². The number of hydrogen-bond acceptors (Lipinski definition) is 2. The number of piperidine rings is 1. The number of aromatic nitrogens is 1. The number of nitrogens with one attached hydrogen (secondary N) is 2. The van der Waals surface area contributed by atoms with Gasteiger partial charge in [0.15, 0.2) is 0 Å². The number of nitrogens with zero attached hydrogens (tertiary/aromatic N) is 1. The van der Waals surface area contributed by atoms with E-state index in [2.05, 4.69) is 41.3 Å². The van der Waals surface area contributed by atoms with Crippen molar-refractivity contribution in [1.82, 2.24) is 15.2 Å². The van der Waals surface area contributed by atoms with Crippen molar-refractivity contribution < 1.29 is 4.79 Å². The van der Waals surface area contributed by atoms with Crippen molar-refractivity contribution >= 4 is 28.4 Å². The van der Waals surface area contributed by atoms with Crippen LogP contribution in [0.1, 0.15) is 24.0 Å². The Morgan fingerprint density at radius 1 is 1.21 bits per heavy atom. The third-order valence-electron chi connectivity index (χ3n) is 5.82. The van der Waals surface area contributed by atoms with E-state index in [1.54, 1.807) is 0 Å². The highest BCUT2D eigenvalue weighted by atomic mass is 35.5. The summed E-state index contributed by atoms with van der Waals surface area (Å²) in [5.41, 5.74) is 5.49. The first kappa shape index (κ1) is 19.0. The highest BCUT2D eigenvalue weighted by Crippen LogP contribution is 2.33. The summed E-state index contributed by atoms with van der Waals surface area (Å²) in [6.07, 6.45) is 1.85. The largest absolute Gasteiger partial charge is 0.354 e. The lowest BCUT2D eigenvalue weighted by Crippen LogP contribution is -2.38. The first-order valence-corrected chi connectivity index (χ1v) is 10.2. The third kappa shape index (κ3) is 3.80. The predicted molar refractivity (Wildman–Crippen MR) is 116 cm³/mol. The van der Waals surface area contributed by atoms with Gasteiger partial charge in [0, 0.05) is 28.6 Å². The standard InChI is InChI=1S/C23H26ClN3O/c1-15-20-13-19(24)12-18(14-25-23(28)17-8-10-27(2)11-9-17)22(20)26-21(15)16-6-4-3-5-7-16/h3-7,12-13,17,26H,8-11,14H2,1-2H3,(H,25,28). The van der Waals surface area contributed by atoms with Crippen LogP contribution in [0.3, 0.4) is 0 Å². The Hall–Kier alpha value is -2.30. The van der Waals surface area contributed by atoms with Crippen LogP contribution in [0.4, 0.5) is 0 Å². The molecule has 0 radical (unpaired) electrons. The zero-order valence-electron chi connectivity index (χ0n) is 16.4. The molecule has 3 aromatic rings. The number of aryl methyl sites for hydroxylation is 1. The molecule has 1 aromatic heterocycles. The monoisotopic (exact) mass is 395 g/mol. The van der Waals surface area contributed by atoms with Gasteiger partial charge in [-0.25, -0.2) is 0 Å². The molecule has 2 heterocycles. The number of benzene rings is 2. The van der Waals surface area contributed by atoms with Crippen LogP contribution in [0.2, 0.25) is 5.02 Å². The van der Waals surface area contributed by atoms with Crippen molar-refractivity contribution in [3.05, 3.63) is 58.6 Å². The fraction of sp³-hybridized carbons (Fsp3) is 0.348. The number of fused-ring (bicyclic) bond motifs is 1. The molecule has 4 nitrogen and oxygen atoms in total. The maximum Gasteiger partial charge on any atom is 0.223 e. The minimum atomic E-state index is 0.108. The molecule has 4 rings (SSSR count). The third-order valence-corrected chi connectivity index (χ3v) is 6.04. The highest BCUT2D eigenvalue weighted by Gasteiger charge is 2.23. The number of aromatic amines is 1. The van der Waals surface area contributed by atoms with Crippen molar-refractivity contribution in [1.29, 1.82) is 0 Å². The summed E-state index contributed by atoms with van der Waals surface area (Å²) < 4.78 is 0. The predicted octanol–water partition coefficient (Wildman–Crippen LogP) is 4.75. The van der Waals surface area contributed by atoms with Gasteiger partial charge in [-0.3, -0.25) is 4.79 Å². The summed E-state index contributed by atoms with van der Waals surface area (Å²) in [6, 6.07) is 14.2. The number of halogens is 1. The molecule has 2 aromatic carbocycles. The summed E-state index contributed by atoms with van der Waals surface area (Å²) in [6.45, 7) is 4.56. The molecule has 0 bridgehead atoms. The molecule has 146 valence electrons. The van der Waals surface area contributed by atoms with Crippen LogP contribution in [0, 0.1) is 12.8 Å². The van der Waals surface area contributed by atoms with Gasteiger partial charge in [0.2, 0.25) is 5.91 Å². The number of likely N-dealkylation sites (tertiary alicyclic amines) is 1. The Morgan fingerprint density at radius 2 is 1.93 bits per heavy atom. The second-order valence-corrected chi connectivity index (χ2v) is 8.21. The van der Waals surface area contributed by atoms with Gasteiger partial charge in [-0.1, -0.05) is 41.9 Å². The maximum absolute atomic E-state index is 12.6. The van der Waals surface area contributed by atoms with Crippen molar-refractivity contribution in [3.63, 3.8) is 0 Å². The number of rotatable bonds is 4. The van der Waals surface area contributed by atoms with Gasteiger partial charge >= 0.3 is 0 Å². The fourth-order valence-corrected chi connectivity index (χ4v) is 4.33. The second-order valence-electron chi connectivity index (χ2n) is 7.77. The smallest absolute Gasteiger partial charge is 0.223 e. The van der Waals surface area contributed by atoms with E-state index in [-0.39, 0.29) is 11.8 Å². The van der Waals surface area contributed by atoms with E-state index in [9.17, 15) is 4.79 Å². The lowest BCUT2D eigenvalue weighted by molar-refractivity contribution is -0.126. The number of H-pyrrole nitrogens is 1. The summed E-state index contributed by atoms with van der Waals surface area (Å²) in [7, 11) is 2.11. The minimum absolute atomic E-state index is 0.108. The van der Waals surface area contributed by atoms with Gasteiger partial charge in [-0.05, 0) is 68.7 Å². The Morgan fingerprint density at radius 3 is 2.64 bits per heavy atom. The molecule has 28 heavy (non-hydrogen) atoms. The first-order chi connectivity index (χ1) is 13.5. The lowest BCUT2D eigenvalue weighted by Gasteiger charge is -2.28. The number of amides is 1. The molecule has 2 N–H and O–H groups in total. The zero-order chi connectivity index (χ0) is 19.7. The van der Waals surface area contributed by atoms with E-state index in [4.69, 9.17) is 11.6 Å². The maximum atomic E-state index is 12.6. The molecule has 0 spiro atoms. The van der Waals surface area contributed by atoms with Crippen molar-refractivity contribution in [3.8, 4) is 11.3 Å². The van der Waals surface area contributed by atoms with Crippen LogP contribution in [0.25, 0.3) is 22.2 Å². The average Bonchev–Trinajstić information content (AvgIpc) is 3.04. The van der Waals surface area contributed by atoms with Crippen LogP contribution in [0.5, 0.6) is 0 Å². The molecule has 1 aliphatic rings. The van der Waals surface area contributed by atoms with E-state index in [1.807, 2.05) is 30.3 Å². The summed E-state index contributed by atoms with van der Waals surface area (Å²) in [5, 5.41) is 4.93. The van der Waals surface area contributed by atoms with E-state index in [0.29, 0.717) is 11.6 Å². The quantitative estimate of drug-likeness (QED) is 0.669. The molecule has 5 heteroatoms. The van der Waals surface area contributed by atoms with E-state index in [1.165, 1.54) is 5.56 Å². The van der Waals surface area contributed by atoms with E-state index in [0.717, 1.165) is 53.7 Å². The molecular weight excluding hydrogens is 370 g/mol. The number of carbonyl (C=O) groups excluding carboxylic acids is 1. The number of carbonyl (C=O) groups is 1. The van der Waals surface area contributed by atoms with Crippen LogP contribution in [-0.2, 0) is 11.3 Å². The summed E-state index contributed by atoms with van der Waals surface area (Å²) in [4.78, 5) is 18.5. The van der Waals surface area contributed by atoms with Crippen LogP contribution in [-0.4, -0.2) is 35.9 Å². The molecule has 0 aliphatic carbocycles. The van der Waals surface area contributed by atoms with Gasteiger partial charge < -0.3 is 15.2 Å². The Bertz CT molecular complexity index is 988. The van der Waals surface area contributed by atoms with E-state index >= 15 is 0 Å². The molecule has 1 saturated heterocycles. The number of hydrogen-bond donors (Lipinski definition) is 2. The molecule has 0 unspecified atom stereocenters. The molecule has 0 atom stereocenters. The molecule has 1 fully saturated rings. The fourth-order valence-electron chi connectivity index (χ4n) is 4.09. The first-order valence-electron chi connectivity index (χ1n) is 9.85. The van der Waals surface area contributed by atoms with Crippen molar-refractivity contribution in [2.45, 2.75) is 26.3 Å². The van der Waals surface area contributed by atoms with Gasteiger partial charge in [-0.15, -0.1) is 0 Å². The van der Waals surface area contributed by atoms with Crippen molar-refractivity contribution in [2.24, 2.45) is 5.92 Å².